The van der Waals surface area contributed by atoms with Crippen LogP contribution in [0.3, 0.4) is 0 Å². The fraction of sp³-hybridized carbons (Fsp3) is 0.450. The lowest BCUT2D eigenvalue weighted by molar-refractivity contribution is 0.0341. The number of hydrogen-bond donors (Lipinski definition) is 1. The smallest absolute Gasteiger partial charge is 0.265 e. The normalized spacial score (nSPS) is 22.3. The highest BCUT2D eigenvalue weighted by Gasteiger charge is 2.45. The molecule has 2 aliphatic rings. The molecule has 1 amide bonds. The Morgan fingerprint density at radius 3 is 2.58 bits per heavy atom. The number of fused-ring (bicyclic) bond motifs is 1. The molecule has 0 unspecified atom stereocenters. The van der Waals surface area contributed by atoms with Gasteiger partial charge in [-0.15, -0.1) is 0 Å². The Balaban J connectivity index is 2.45. The molecule has 0 bridgehead atoms. The summed E-state index contributed by atoms with van der Waals surface area (Å²) < 4.78 is 8.37. The molecule has 3 rings (SSSR count). The number of ether oxygens (including phenoxy) is 1. The van der Waals surface area contributed by atoms with E-state index in [1.54, 1.807) is 6.08 Å². The van der Waals surface area contributed by atoms with Gasteiger partial charge in [-0.25, -0.2) is 0 Å². The van der Waals surface area contributed by atoms with Crippen LogP contribution in [-0.4, -0.2) is 10.5 Å². The van der Waals surface area contributed by atoms with Crippen molar-refractivity contribution in [1.29, 1.82) is 0 Å². The van der Waals surface area contributed by atoms with Crippen molar-refractivity contribution >= 4 is 11.5 Å². The minimum absolute atomic E-state index is 0.357. The topological polar surface area (TPSA) is 57.2 Å². The number of carbonyl (C=O) groups excluding carboxylic acids is 1. The van der Waals surface area contributed by atoms with Crippen LogP contribution in [0.25, 0.3) is 5.57 Å². The molecule has 4 heteroatoms. The van der Waals surface area contributed by atoms with Crippen LogP contribution in [0, 0.1) is 0 Å². The number of primary amides is 1. The predicted molar refractivity (Wildman–Crippen MR) is 96.6 cm³/mol. The molecule has 0 atom stereocenters. The van der Waals surface area contributed by atoms with Crippen LogP contribution in [0.2, 0.25) is 0 Å². The van der Waals surface area contributed by atoms with Gasteiger partial charge in [-0.2, -0.15) is 0 Å². The quantitative estimate of drug-likeness (QED) is 0.900. The van der Waals surface area contributed by atoms with Crippen LogP contribution in [0.4, 0.5) is 0 Å². The number of carbonyl (C=O) groups is 1. The van der Waals surface area contributed by atoms with Crippen molar-refractivity contribution in [3.8, 4) is 0 Å². The first-order valence-electron chi connectivity index (χ1n) is 8.62. The van der Waals surface area contributed by atoms with Gasteiger partial charge in [0.1, 0.15) is 17.1 Å². The third-order valence-electron chi connectivity index (χ3n) is 4.87. The lowest BCUT2D eigenvalue weighted by Gasteiger charge is -2.36. The van der Waals surface area contributed by atoms with Gasteiger partial charge < -0.3 is 15.0 Å². The molecule has 2 N–H and O–H groups in total. The van der Waals surface area contributed by atoms with Crippen LogP contribution in [0.1, 0.15) is 73.8 Å². The maximum Gasteiger partial charge on any atom is 0.265 e. The van der Waals surface area contributed by atoms with Crippen molar-refractivity contribution in [3.05, 3.63) is 53.1 Å². The molecule has 1 aromatic rings. The monoisotopic (exact) mass is 326 g/mol. The van der Waals surface area contributed by atoms with E-state index in [4.69, 9.17) is 10.5 Å². The first kappa shape index (κ1) is 16.6. The second-order valence-electron chi connectivity index (χ2n) is 6.95. The summed E-state index contributed by atoms with van der Waals surface area (Å²) in [5, 5.41) is 0. The average molecular weight is 326 g/mol. The number of amides is 1. The molecular formula is C20H26N2O2. The first-order chi connectivity index (χ1) is 11.4. The molecule has 128 valence electrons. The number of aromatic nitrogens is 1. The summed E-state index contributed by atoms with van der Waals surface area (Å²) in [4.78, 5) is 12.3. The average Bonchev–Trinajstić information content (AvgIpc) is 3.29. The molecule has 1 saturated carbocycles. The van der Waals surface area contributed by atoms with Gasteiger partial charge in [0.05, 0.1) is 5.69 Å². The lowest BCUT2D eigenvalue weighted by atomic mass is 9.85. The van der Waals surface area contributed by atoms with Crippen molar-refractivity contribution in [1.82, 2.24) is 4.57 Å². The van der Waals surface area contributed by atoms with E-state index in [2.05, 4.69) is 25.0 Å². The SMILES string of the molecule is C=C/C=C1\C(=C/C)OC(C)(C)c2c(C3CC3)c(C(N)=O)n(CC)c21. The summed E-state index contributed by atoms with van der Waals surface area (Å²) in [5.74, 6) is 0.871. The molecule has 0 aromatic carbocycles. The number of rotatable bonds is 4. The van der Waals surface area contributed by atoms with E-state index in [1.165, 1.54) is 0 Å². The molecule has 2 heterocycles. The third kappa shape index (κ3) is 2.32. The molecule has 0 saturated heterocycles. The number of nitrogens with zero attached hydrogens (tertiary/aromatic N) is 1. The maximum absolute atomic E-state index is 12.3. The van der Waals surface area contributed by atoms with E-state index in [1.807, 2.05) is 26.0 Å². The van der Waals surface area contributed by atoms with Gasteiger partial charge in [0.15, 0.2) is 0 Å². The highest BCUT2D eigenvalue weighted by atomic mass is 16.5. The zero-order valence-electron chi connectivity index (χ0n) is 15.0. The van der Waals surface area contributed by atoms with Crippen LogP contribution < -0.4 is 5.73 Å². The van der Waals surface area contributed by atoms with Gasteiger partial charge >= 0.3 is 0 Å². The van der Waals surface area contributed by atoms with Gasteiger partial charge in [-0.1, -0.05) is 12.7 Å². The molecule has 1 fully saturated rings. The van der Waals surface area contributed by atoms with Crippen LogP contribution in [-0.2, 0) is 16.9 Å². The second-order valence-corrected chi connectivity index (χ2v) is 6.95. The molecule has 1 aromatic heterocycles. The van der Waals surface area contributed by atoms with E-state index >= 15 is 0 Å². The maximum atomic E-state index is 12.3. The van der Waals surface area contributed by atoms with Crippen LogP contribution in [0.15, 0.2) is 30.6 Å². The van der Waals surface area contributed by atoms with Crippen molar-refractivity contribution in [2.45, 2.75) is 58.6 Å². The summed E-state index contributed by atoms with van der Waals surface area (Å²) in [7, 11) is 0. The summed E-state index contributed by atoms with van der Waals surface area (Å²) >= 11 is 0. The van der Waals surface area contributed by atoms with E-state index in [0.29, 0.717) is 18.2 Å². The van der Waals surface area contributed by atoms with Gasteiger partial charge in [0.2, 0.25) is 0 Å². The fourth-order valence-corrected chi connectivity index (χ4v) is 3.87. The minimum Gasteiger partial charge on any atom is -0.483 e. The summed E-state index contributed by atoms with van der Waals surface area (Å²) in [6, 6.07) is 0. The zero-order valence-corrected chi connectivity index (χ0v) is 15.0. The molecule has 24 heavy (non-hydrogen) atoms. The number of nitrogens with two attached hydrogens (primary N) is 1. The highest BCUT2D eigenvalue weighted by molar-refractivity contribution is 5.96. The zero-order chi connectivity index (χ0) is 17.6. The number of hydrogen-bond acceptors (Lipinski definition) is 2. The molecule has 1 aliphatic heterocycles. The Labute approximate surface area is 143 Å². The summed E-state index contributed by atoms with van der Waals surface area (Å²) in [5.41, 5.74) is 10.2. The summed E-state index contributed by atoms with van der Waals surface area (Å²) in [6.45, 7) is 12.7. The van der Waals surface area contributed by atoms with E-state index in [0.717, 1.165) is 41.0 Å². The third-order valence-corrected chi connectivity index (χ3v) is 4.87. The van der Waals surface area contributed by atoms with Crippen molar-refractivity contribution in [3.63, 3.8) is 0 Å². The Hall–Kier alpha value is -2.23. The molecule has 0 spiro atoms. The fourth-order valence-electron chi connectivity index (χ4n) is 3.87. The van der Waals surface area contributed by atoms with Crippen molar-refractivity contribution in [2.75, 3.05) is 0 Å². The van der Waals surface area contributed by atoms with Crippen LogP contribution >= 0.6 is 0 Å². The molecular weight excluding hydrogens is 300 g/mol. The summed E-state index contributed by atoms with van der Waals surface area (Å²) in [6.07, 6.45) is 7.89. The van der Waals surface area contributed by atoms with Gasteiger partial charge in [-0.05, 0) is 64.2 Å². The Kier molecular flexibility index (Phi) is 3.94. The minimum atomic E-state index is -0.502. The molecule has 0 radical (unpaired) electrons. The van der Waals surface area contributed by atoms with Crippen LogP contribution in [0.5, 0.6) is 0 Å². The Morgan fingerprint density at radius 2 is 2.12 bits per heavy atom. The molecule has 1 aliphatic carbocycles. The van der Waals surface area contributed by atoms with E-state index in [9.17, 15) is 4.79 Å². The Bertz CT molecular complexity index is 774. The molecule has 4 nitrogen and oxygen atoms in total. The predicted octanol–water partition coefficient (Wildman–Crippen LogP) is 4.22. The Morgan fingerprint density at radius 1 is 1.46 bits per heavy atom. The van der Waals surface area contributed by atoms with Gasteiger partial charge in [-0.3, -0.25) is 4.79 Å². The first-order valence-corrected chi connectivity index (χ1v) is 8.62. The second kappa shape index (κ2) is 5.69. The largest absolute Gasteiger partial charge is 0.483 e. The number of allylic oxidation sites excluding steroid dienone is 4. The van der Waals surface area contributed by atoms with Gasteiger partial charge in [0, 0.05) is 17.7 Å². The van der Waals surface area contributed by atoms with Crippen molar-refractivity contribution in [2.24, 2.45) is 5.73 Å². The van der Waals surface area contributed by atoms with Gasteiger partial charge in [0.25, 0.3) is 5.91 Å². The lowest BCUT2D eigenvalue weighted by Crippen LogP contribution is -2.29. The van der Waals surface area contributed by atoms with E-state index < -0.39 is 5.60 Å². The highest BCUT2D eigenvalue weighted by Crippen LogP contribution is 2.53. The van der Waals surface area contributed by atoms with E-state index in [-0.39, 0.29) is 5.91 Å². The van der Waals surface area contributed by atoms with Crippen molar-refractivity contribution < 1.29 is 9.53 Å². The standard InChI is InChI=1S/C20H26N2O2/c1-6-9-13-14(7-2)24-20(4,5)16-15(12-10-11-12)18(19(21)23)22(8-3)17(13)16/h6-7,9,12H,1,8,10-11H2,2-5H3,(H2,21,23)/b13-9+,14-7+.